The summed E-state index contributed by atoms with van der Waals surface area (Å²) in [5.74, 6) is -0.705. The molecule has 0 bridgehead atoms. The standard InChI is InChI=1S/C17H18BrN3O4S/c1-11(21-17(23)13-4-6-14(18)7-5-13)16(22)20-10-12-2-8-15(9-3-12)26(19,24)25/h2-9,11H,10H2,1H3,(H,20,22)(H,21,23)(H2,19,24,25)/t11-/m0/s1. The Morgan fingerprint density at radius 1 is 1.08 bits per heavy atom. The molecule has 2 aromatic rings. The molecule has 0 unspecified atom stereocenters. The zero-order valence-electron chi connectivity index (χ0n) is 13.9. The Labute approximate surface area is 160 Å². The van der Waals surface area contributed by atoms with E-state index in [1.807, 2.05) is 0 Å². The molecule has 0 fully saturated rings. The summed E-state index contributed by atoms with van der Waals surface area (Å²) in [5.41, 5.74) is 1.16. The van der Waals surface area contributed by atoms with E-state index in [4.69, 9.17) is 5.14 Å². The summed E-state index contributed by atoms with van der Waals surface area (Å²) in [6, 6.07) is 11.9. The molecule has 0 saturated carbocycles. The van der Waals surface area contributed by atoms with Crippen molar-refractivity contribution in [2.45, 2.75) is 24.4 Å². The first-order valence-electron chi connectivity index (χ1n) is 7.62. The molecule has 0 saturated heterocycles. The highest BCUT2D eigenvalue weighted by Gasteiger charge is 2.16. The normalized spacial score (nSPS) is 12.3. The number of benzene rings is 2. The number of amides is 2. The number of halogens is 1. The van der Waals surface area contributed by atoms with Crippen molar-refractivity contribution in [1.29, 1.82) is 0 Å². The van der Waals surface area contributed by atoms with Crippen molar-refractivity contribution in [3.8, 4) is 0 Å². The van der Waals surface area contributed by atoms with E-state index in [1.54, 1.807) is 43.3 Å². The van der Waals surface area contributed by atoms with Gasteiger partial charge in [-0.1, -0.05) is 28.1 Å². The van der Waals surface area contributed by atoms with Gasteiger partial charge in [0.1, 0.15) is 6.04 Å². The molecule has 0 radical (unpaired) electrons. The molecule has 0 aliphatic rings. The molecule has 2 aromatic carbocycles. The number of hydrogen-bond acceptors (Lipinski definition) is 4. The van der Waals surface area contributed by atoms with E-state index in [0.717, 1.165) is 4.47 Å². The van der Waals surface area contributed by atoms with E-state index in [-0.39, 0.29) is 23.3 Å². The topological polar surface area (TPSA) is 118 Å². The fourth-order valence-corrected chi connectivity index (χ4v) is 2.87. The van der Waals surface area contributed by atoms with Gasteiger partial charge in [0.25, 0.3) is 5.91 Å². The first-order valence-corrected chi connectivity index (χ1v) is 9.96. The summed E-state index contributed by atoms with van der Waals surface area (Å²) >= 11 is 3.29. The van der Waals surface area contributed by atoms with Crippen molar-refractivity contribution in [1.82, 2.24) is 10.6 Å². The number of hydrogen-bond donors (Lipinski definition) is 3. The first-order chi connectivity index (χ1) is 12.2. The lowest BCUT2D eigenvalue weighted by Crippen LogP contribution is -2.44. The van der Waals surface area contributed by atoms with Crippen LogP contribution >= 0.6 is 15.9 Å². The van der Waals surface area contributed by atoms with Crippen LogP contribution in [0, 0.1) is 0 Å². The third kappa shape index (κ3) is 5.65. The Morgan fingerprint density at radius 3 is 2.19 bits per heavy atom. The quantitative estimate of drug-likeness (QED) is 0.631. The van der Waals surface area contributed by atoms with Crippen LogP contribution in [0.25, 0.3) is 0 Å². The molecule has 4 N–H and O–H groups in total. The molecule has 9 heteroatoms. The van der Waals surface area contributed by atoms with Crippen LogP contribution in [0.3, 0.4) is 0 Å². The third-order valence-electron chi connectivity index (χ3n) is 3.57. The maximum Gasteiger partial charge on any atom is 0.251 e. The first kappa shape index (κ1) is 20.1. The van der Waals surface area contributed by atoms with Gasteiger partial charge in [-0.05, 0) is 48.9 Å². The zero-order chi connectivity index (χ0) is 19.3. The minimum absolute atomic E-state index is 0.00251. The Balaban J connectivity index is 1.88. The van der Waals surface area contributed by atoms with Crippen LogP contribution in [0.4, 0.5) is 0 Å². The maximum atomic E-state index is 12.1. The second-order valence-corrected chi connectivity index (χ2v) is 8.09. The molecule has 2 rings (SSSR count). The average molecular weight is 440 g/mol. The van der Waals surface area contributed by atoms with E-state index in [1.165, 1.54) is 12.1 Å². The number of sulfonamides is 1. The average Bonchev–Trinajstić information content (AvgIpc) is 2.59. The Morgan fingerprint density at radius 2 is 1.65 bits per heavy atom. The van der Waals surface area contributed by atoms with Crippen molar-refractivity contribution < 1.29 is 18.0 Å². The molecular formula is C17H18BrN3O4S. The van der Waals surface area contributed by atoms with Gasteiger partial charge in [0.15, 0.2) is 0 Å². The number of carbonyl (C=O) groups excluding carboxylic acids is 2. The van der Waals surface area contributed by atoms with Gasteiger partial charge in [-0.15, -0.1) is 0 Å². The summed E-state index contributed by atoms with van der Waals surface area (Å²) < 4.78 is 23.3. The molecule has 0 aliphatic carbocycles. The third-order valence-corrected chi connectivity index (χ3v) is 5.02. The number of primary sulfonamides is 1. The van der Waals surface area contributed by atoms with Crippen molar-refractivity contribution in [3.63, 3.8) is 0 Å². The van der Waals surface area contributed by atoms with Crippen molar-refractivity contribution >= 4 is 37.8 Å². The van der Waals surface area contributed by atoms with Crippen LogP contribution in [0.15, 0.2) is 57.9 Å². The number of rotatable bonds is 6. The van der Waals surface area contributed by atoms with Crippen LogP contribution in [0.2, 0.25) is 0 Å². The highest BCUT2D eigenvalue weighted by molar-refractivity contribution is 9.10. The second-order valence-electron chi connectivity index (χ2n) is 5.61. The summed E-state index contributed by atoms with van der Waals surface area (Å²) in [4.78, 5) is 24.2. The van der Waals surface area contributed by atoms with Crippen LogP contribution in [-0.2, 0) is 21.4 Å². The Kier molecular flexibility index (Phi) is 6.52. The fourth-order valence-electron chi connectivity index (χ4n) is 2.09. The molecule has 138 valence electrons. The van der Waals surface area contributed by atoms with E-state index >= 15 is 0 Å². The van der Waals surface area contributed by atoms with Gasteiger partial charge in [0, 0.05) is 16.6 Å². The molecule has 1 atom stereocenters. The van der Waals surface area contributed by atoms with Gasteiger partial charge in [0.05, 0.1) is 4.90 Å². The zero-order valence-corrected chi connectivity index (χ0v) is 16.3. The number of nitrogens with one attached hydrogen (secondary N) is 2. The maximum absolute atomic E-state index is 12.1. The van der Waals surface area contributed by atoms with Crippen molar-refractivity contribution in [3.05, 3.63) is 64.1 Å². The SMILES string of the molecule is C[C@H](NC(=O)c1ccc(Br)cc1)C(=O)NCc1ccc(S(N)(=O)=O)cc1. The van der Waals surface area contributed by atoms with E-state index in [0.29, 0.717) is 11.1 Å². The molecule has 7 nitrogen and oxygen atoms in total. The number of carbonyl (C=O) groups is 2. The lowest BCUT2D eigenvalue weighted by Gasteiger charge is -2.14. The van der Waals surface area contributed by atoms with Gasteiger partial charge < -0.3 is 10.6 Å². The molecule has 0 aliphatic heterocycles. The van der Waals surface area contributed by atoms with Crippen molar-refractivity contribution in [2.24, 2.45) is 5.14 Å². The molecule has 0 aromatic heterocycles. The van der Waals surface area contributed by atoms with E-state index in [9.17, 15) is 18.0 Å². The molecule has 2 amide bonds. The highest BCUT2D eigenvalue weighted by Crippen LogP contribution is 2.11. The predicted octanol–water partition coefficient (Wildman–Crippen LogP) is 1.53. The predicted molar refractivity (Wildman–Crippen MR) is 101 cm³/mol. The smallest absolute Gasteiger partial charge is 0.251 e. The molecule has 0 spiro atoms. The van der Waals surface area contributed by atoms with Crippen LogP contribution in [-0.4, -0.2) is 26.3 Å². The van der Waals surface area contributed by atoms with E-state index < -0.39 is 16.1 Å². The van der Waals surface area contributed by atoms with Crippen LogP contribution in [0.5, 0.6) is 0 Å². The van der Waals surface area contributed by atoms with Crippen LogP contribution < -0.4 is 15.8 Å². The minimum atomic E-state index is -3.74. The highest BCUT2D eigenvalue weighted by atomic mass is 79.9. The molecule has 26 heavy (non-hydrogen) atoms. The summed E-state index contributed by atoms with van der Waals surface area (Å²) in [7, 11) is -3.74. The molecule has 0 heterocycles. The summed E-state index contributed by atoms with van der Waals surface area (Å²) in [6.45, 7) is 1.78. The lowest BCUT2D eigenvalue weighted by atomic mass is 10.2. The fraction of sp³-hybridized carbons (Fsp3) is 0.176. The Bertz CT molecular complexity index is 897. The van der Waals surface area contributed by atoms with Gasteiger partial charge in [-0.2, -0.15) is 0 Å². The largest absolute Gasteiger partial charge is 0.350 e. The molecular weight excluding hydrogens is 422 g/mol. The van der Waals surface area contributed by atoms with E-state index in [2.05, 4.69) is 26.6 Å². The van der Waals surface area contributed by atoms with Gasteiger partial charge >= 0.3 is 0 Å². The summed E-state index contributed by atoms with van der Waals surface area (Å²) in [5, 5.41) is 10.3. The van der Waals surface area contributed by atoms with Crippen molar-refractivity contribution in [2.75, 3.05) is 0 Å². The van der Waals surface area contributed by atoms with Gasteiger partial charge in [-0.25, -0.2) is 13.6 Å². The lowest BCUT2D eigenvalue weighted by molar-refractivity contribution is -0.122. The number of nitrogens with two attached hydrogens (primary N) is 1. The minimum Gasteiger partial charge on any atom is -0.350 e. The van der Waals surface area contributed by atoms with Crippen LogP contribution in [0.1, 0.15) is 22.8 Å². The summed E-state index contributed by atoms with van der Waals surface area (Å²) in [6.07, 6.45) is 0. The van der Waals surface area contributed by atoms with Gasteiger partial charge in [0.2, 0.25) is 15.9 Å². The Hall–Kier alpha value is -2.23. The second kappa shape index (κ2) is 8.43. The monoisotopic (exact) mass is 439 g/mol. The van der Waals surface area contributed by atoms with Gasteiger partial charge in [-0.3, -0.25) is 9.59 Å².